The summed E-state index contributed by atoms with van der Waals surface area (Å²) in [4.78, 5) is 42.9. The van der Waals surface area contributed by atoms with Gasteiger partial charge < -0.3 is 29.2 Å². The van der Waals surface area contributed by atoms with Crippen LogP contribution in [0.2, 0.25) is 0 Å². The number of thiocarbonyl (C=S) groups is 1. The van der Waals surface area contributed by atoms with Crippen molar-refractivity contribution in [2.75, 3.05) is 67.6 Å². The molecule has 2 N–H and O–H groups in total. The van der Waals surface area contributed by atoms with Gasteiger partial charge in [0, 0.05) is 67.7 Å². The fourth-order valence-corrected chi connectivity index (χ4v) is 5.60. The molecular weight excluding hydrogens is 584 g/mol. The van der Waals surface area contributed by atoms with Gasteiger partial charge in [0.05, 0.1) is 18.1 Å². The number of piperazine rings is 1. The van der Waals surface area contributed by atoms with Crippen LogP contribution in [-0.4, -0.2) is 79.2 Å². The Kier molecular flexibility index (Phi) is 8.39. The second-order valence-corrected chi connectivity index (χ2v) is 10.9. The third-order valence-electron chi connectivity index (χ3n) is 7.71. The molecule has 6 rings (SSSR count). The van der Waals surface area contributed by atoms with E-state index in [0.29, 0.717) is 75.2 Å². The summed E-state index contributed by atoms with van der Waals surface area (Å²) in [5.41, 5.74) is 2.81. The van der Waals surface area contributed by atoms with E-state index in [9.17, 15) is 19.7 Å². The maximum atomic E-state index is 13.0. The van der Waals surface area contributed by atoms with Crippen LogP contribution in [0.1, 0.15) is 20.9 Å². The highest BCUT2D eigenvalue weighted by molar-refractivity contribution is 7.80. The molecule has 2 saturated heterocycles. The molecule has 0 spiro atoms. The lowest BCUT2D eigenvalue weighted by molar-refractivity contribution is -0.384. The molecule has 0 bridgehead atoms. The first-order valence-electron chi connectivity index (χ1n) is 14.2. The summed E-state index contributed by atoms with van der Waals surface area (Å²) in [5, 5.41) is 18.3. The normalized spacial score (nSPS) is 15.2. The molecule has 13 heteroatoms. The van der Waals surface area contributed by atoms with Gasteiger partial charge in [0.15, 0.2) is 10.9 Å². The molecule has 44 heavy (non-hydrogen) atoms. The quantitative estimate of drug-likeness (QED) is 0.184. The molecule has 3 heterocycles. The van der Waals surface area contributed by atoms with Gasteiger partial charge in [-0.2, -0.15) is 0 Å². The molecule has 4 aromatic rings. The predicted molar refractivity (Wildman–Crippen MR) is 171 cm³/mol. The van der Waals surface area contributed by atoms with Crippen molar-refractivity contribution >= 4 is 62.9 Å². The minimum Gasteiger partial charge on any atom is -0.451 e. The van der Waals surface area contributed by atoms with E-state index < -0.39 is 10.8 Å². The average Bonchev–Trinajstić information content (AvgIpc) is 3.49. The number of nitrogens with one attached hydrogen (secondary N) is 2. The molecule has 0 saturated carbocycles. The highest BCUT2D eigenvalue weighted by Crippen LogP contribution is 2.30. The van der Waals surface area contributed by atoms with E-state index in [1.165, 1.54) is 6.07 Å². The molecule has 1 aromatic heterocycles. The number of nitrogens with zero attached hydrogens (tertiary/aromatic N) is 4. The maximum Gasteiger partial charge on any atom is 0.293 e. The summed E-state index contributed by atoms with van der Waals surface area (Å²) in [6, 6.07) is 21.3. The lowest BCUT2D eigenvalue weighted by atomic mass is 10.1. The Bertz CT molecular complexity index is 1680. The molecule has 0 aliphatic carbocycles. The minimum absolute atomic E-state index is 0.0698. The number of furan rings is 1. The fraction of sp³-hybridized carbons (Fsp3) is 0.258. The van der Waals surface area contributed by atoms with Crippen molar-refractivity contribution in [2.24, 2.45) is 0 Å². The van der Waals surface area contributed by atoms with E-state index >= 15 is 0 Å². The molecule has 12 nitrogen and oxygen atoms in total. The second kappa shape index (κ2) is 12.7. The van der Waals surface area contributed by atoms with Crippen LogP contribution in [0.25, 0.3) is 11.0 Å². The number of rotatable bonds is 6. The summed E-state index contributed by atoms with van der Waals surface area (Å²) in [5.74, 6) is -0.314. The fourth-order valence-electron chi connectivity index (χ4n) is 5.39. The van der Waals surface area contributed by atoms with E-state index in [2.05, 4.69) is 15.5 Å². The Morgan fingerprint density at radius 2 is 1.59 bits per heavy atom. The molecule has 2 aliphatic rings. The number of benzene rings is 3. The molecule has 2 fully saturated rings. The lowest BCUT2D eigenvalue weighted by Gasteiger charge is -2.35. The number of carbonyl (C=O) groups excluding carboxylic acids is 2. The molecule has 2 amide bonds. The maximum absolute atomic E-state index is 13.0. The highest BCUT2D eigenvalue weighted by Gasteiger charge is 2.26. The van der Waals surface area contributed by atoms with Crippen LogP contribution >= 0.6 is 12.2 Å². The van der Waals surface area contributed by atoms with Gasteiger partial charge in [-0.3, -0.25) is 25.0 Å². The third-order valence-corrected chi connectivity index (χ3v) is 7.91. The Morgan fingerprint density at radius 1 is 0.864 bits per heavy atom. The van der Waals surface area contributed by atoms with Crippen molar-refractivity contribution in [3.8, 4) is 0 Å². The first-order chi connectivity index (χ1) is 21.4. The van der Waals surface area contributed by atoms with E-state index in [1.54, 1.807) is 23.1 Å². The standard InChI is InChI=1S/C31H30N6O6S/c38-29(22-5-10-25(26(19-22)37(40)41)35-15-17-42-18-16-35)33-31(44)32-23-6-8-24(9-7-23)34-11-13-36(14-12-34)30(39)28-20-21-3-1-2-4-27(21)43-28/h1-10,19-20H,11-18H2,(H2,32,33,38,44). The van der Waals surface area contributed by atoms with Gasteiger partial charge >= 0.3 is 0 Å². The summed E-state index contributed by atoms with van der Waals surface area (Å²) < 4.78 is 11.1. The molecule has 0 atom stereocenters. The van der Waals surface area contributed by atoms with Crippen molar-refractivity contribution < 1.29 is 23.7 Å². The smallest absolute Gasteiger partial charge is 0.293 e. The van der Waals surface area contributed by atoms with E-state index in [1.807, 2.05) is 53.4 Å². The monoisotopic (exact) mass is 614 g/mol. The van der Waals surface area contributed by atoms with Gasteiger partial charge in [0.1, 0.15) is 11.3 Å². The Labute approximate surface area is 258 Å². The Morgan fingerprint density at radius 3 is 2.30 bits per heavy atom. The van der Waals surface area contributed by atoms with Gasteiger partial charge in [-0.15, -0.1) is 0 Å². The van der Waals surface area contributed by atoms with E-state index in [-0.39, 0.29) is 22.3 Å². The number of fused-ring (bicyclic) bond motifs is 1. The van der Waals surface area contributed by atoms with Crippen LogP contribution in [0, 0.1) is 10.1 Å². The molecule has 226 valence electrons. The molecule has 3 aromatic carbocycles. The van der Waals surface area contributed by atoms with Gasteiger partial charge in [0.2, 0.25) is 0 Å². The Balaban J connectivity index is 1.01. The summed E-state index contributed by atoms with van der Waals surface area (Å²) in [6.45, 7) is 4.53. The number of carbonyl (C=O) groups is 2. The first-order valence-corrected chi connectivity index (χ1v) is 14.6. The number of ether oxygens (including phenoxy) is 1. The van der Waals surface area contributed by atoms with E-state index in [0.717, 1.165) is 11.1 Å². The van der Waals surface area contributed by atoms with Crippen LogP contribution in [0.5, 0.6) is 0 Å². The van der Waals surface area contributed by atoms with Gasteiger partial charge in [-0.05, 0) is 60.7 Å². The largest absolute Gasteiger partial charge is 0.451 e. The minimum atomic E-state index is -0.550. The summed E-state index contributed by atoms with van der Waals surface area (Å²) >= 11 is 5.33. The van der Waals surface area contributed by atoms with Crippen molar-refractivity contribution in [1.29, 1.82) is 0 Å². The highest BCUT2D eigenvalue weighted by atomic mass is 32.1. The summed E-state index contributed by atoms with van der Waals surface area (Å²) in [7, 11) is 0. The predicted octanol–water partition coefficient (Wildman–Crippen LogP) is 4.27. The van der Waals surface area contributed by atoms with Gasteiger partial charge in [0.25, 0.3) is 17.5 Å². The lowest BCUT2D eigenvalue weighted by Crippen LogP contribution is -2.48. The number of para-hydroxylation sites is 1. The molecular formula is C31H30N6O6S. The number of amides is 2. The number of nitro groups is 1. The number of anilines is 3. The van der Waals surface area contributed by atoms with Crippen LogP contribution < -0.4 is 20.4 Å². The van der Waals surface area contributed by atoms with Crippen molar-refractivity contribution in [3.63, 3.8) is 0 Å². The second-order valence-electron chi connectivity index (χ2n) is 10.4. The zero-order valence-corrected chi connectivity index (χ0v) is 24.5. The number of hydrogen-bond donors (Lipinski definition) is 2. The van der Waals surface area contributed by atoms with Crippen LogP contribution in [-0.2, 0) is 4.74 Å². The Hall–Kier alpha value is -5.01. The van der Waals surface area contributed by atoms with Crippen molar-refractivity contribution in [1.82, 2.24) is 10.2 Å². The average molecular weight is 615 g/mol. The molecule has 2 aliphatic heterocycles. The number of hydrogen-bond acceptors (Lipinski definition) is 9. The zero-order valence-electron chi connectivity index (χ0n) is 23.7. The van der Waals surface area contributed by atoms with Crippen LogP contribution in [0.3, 0.4) is 0 Å². The van der Waals surface area contributed by atoms with Crippen molar-refractivity contribution in [3.05, 3.63) is 94.2 Å². The first kappa shape index (κ1) is 29.1. The zero-order chi connectivity index (χ0) is 30.6. The van der Waals surface area contributed by atoms with E-state index in [4.69, 9.17) is 21.4 Å². The number of morpholine rings is 1. The van der Waals surface area contributed by atoms with Gasteiger partial charge in [-0.25, -0.2) is 0 Å². The van der Waals surface area contributed by atoms with Crippen LogP contribution in [0.15, 0.2) is 77.2 Å². The third kappa shape index (κ3) is 6.33. The summed E-state index contributed by atoms with van der Waals surface area (Å²) in [6.07, 6.45) is 0. The van der Waals surface area contributed by atoms with Gasteiger partial charge in [-0.1, -0.05) is 18.2 Å². The molecule has 0 radical (unpaired) electrons. The topological polar surface area (TPSA) is 133 Å². The molecule has 0 unspecified atom stereocenters. The van der Waals surface area contributed by atoms with Crippen molar-refractivity contribution in [2.45, 2.75) is 0 Å². The van der Waals surface area contributed by atoms with Crippen LogP contribution in [0.4, 0.5) is 22.7 Å². The SMILES string of the molecule is O=C(NC(=S)Nc1ccc(N2CCN(C(=O)c3cc4ccccc4o3)CC2)cc1)c1ccc(N2CCOCC2)c([N+](=O)[O-])c1. The number of nitro benzene ring substituents is 1.